The minimum Gasteiger partial charge on any atom is -0.355 e. The van der Waals surface area contributed by atoms with Crippen LogP contribution in [0.1, 0.15) is 31.0 Å². The van der Waals surface area contributed by atoms with Crippen LogP contribution in [-0.4, -0.2) is 36.1 Å². The highest BCUT2D eigenvalue weighted by molar-refractivity contribution is 5.57. The average Bonchev–Trinajstić information content (AvgIpc) is 3.12. The number of aryl methyl sites for hydroxylation is 1. The lowest BCUT2D eigenvalue weighted by Crippen LogP contribution is -2.30. The van der Waals surface area contributed by atoms with Crippen LogP contribution in [0.25, 0.3) is 0 Å². The second-order valence-corrected chi connectivity index (χ2v) is 6.83. The number of rotatable bonds is 6. The highest BCUT2D eigenvalue weighted by Crippen LogP contribution is 2.33. The van der Waals surface area contributed by atoms with Crippen LogP contribution < -0.4 is 15.5 Å². The van der Waals surface area contributed by atoms with Crippen LogP contribution in [0.15, 0.2) is 24.3 Å². The van der Waals surface area contributed by atoms with Crippen LogP contribution in [0.5, 0.6) is 0 Å². The van der Waals surface area contributed by atoms with Crippen LogP contribution in [-0.2, 0) is 12.6 Å². The maximum atomic E-state index is 13.5. The lowest BCUT2D eigenvalue weighted by molar-refractivity contribution is -0.139. The van der Waals surface area contributed by atoms with Gasteiger partial charge in [-0.05, 0) is 38.1 Å². The maximum absolute atomic E-state index is 13.5. The molecule has 1 aliphatic heterocycles. The minimum absolute atomic E-state index is 0.0860. The fourth-order valence-electron chi connectivity index (χ4n) is 3.24. The summed E-state index contributed by atoms with van der Waals surface area (Å²) in [4.78, 5) is 11.0. The smallest absolute Gasteiger partial charge is 0.355 e. The van der Waals surface area contributed by atoms with Gasteiger partial charge in [-0.3, -0.25) is 0 Å². The van der Waals surface area contributed by atoms with E-state index in [4.69, 9.17) is 0 Å². The molecule has 2 N–H and O–H groups in total. The first kappa shape index (κ1) is 20.3. The molecule has 1 aromatic carbocycles. The Bertz CT molecular complexity index is 824. The van der Waals surface area contributed by atoms with Gasteiger partial charge < -0.3 is 15.5 Å². The third-order valence-corrected chi connectivity index (χ3v) is 4.72. The number of hydrogen-bond acceptors (Lipinski definition) is 5. The van der Waals surface area contributed by atoms with Crippen LogP contribution in [0.3, 0.4) is 0 Å². The molecule has 0 aliphatic carbocycles. The van der Waals surface area contributed by atoms with E-state index in [0.29, 0.717) is 6.04 Å². The maximum Gasteiger partial charge on any atom is 0.419 e. The summed E-state index contributed by atoms with van der Waals surface area (Å²) in [6.45, 7) is 3.66. The standard InChI is InChI=1S/C19H23F4N5/c1-3-4-12-10-17(28-8-7-14(11-28)24-2)27-18(25-12)26-13-5-6-16(20)15(9-13)19(21,22)23/h5-6,9-10,14,24H,3-4,7-8,11H2,1-2H3,(H,25,26,27). The topological polar surface area (TPSA) is 53.1 Å². The summed E-state index contributed by atoms with van der Waals surface area (Å²) in [6, 6.07) is 5.05. The normalized spacial score (nSPS) is 17.2. The second-order valence-electron chi connectivity index (χ2n) is 6.83. The number of anilines is 3. The first-order valence-corrected chi connectivity index (χ1v) is 9.24. The molecule has 9 heteroatoms. The molecule has 0 spiro atoms. The Morgan fingerprint density at radius 3 is 2.64 bits per heavy atom. The number of halogens is 4. The summed E-state index contributed by atoms with van der Waals surface area (Å²) in [6.07, 6.45) is -2.18. The molecule has 2 aromatic rings. The van der Waals surface area contributed by atoms with E-state index in [1.54, 1.807) is 0 Å². The monoisotopic (exact) mass is 397 g/mol. The Kier molecular flexibility index (Phi) is 6.02. The van der Waals surface area contributed by atoms with Crippen molar-refractivity contribution in [2.24, 2.45) is 0 Å². The van der Waals surface area contributed by atoms with E-state index in [0.717, 1.165) is 56.0 Å². The van der Waals surface area contributed by atoms with Crippen LogP contribution >= 0.6 is 0 Å². The molecule has 3 rings (SSSR count). The molecule has 1 atom stereocenters. The third-order valence-electron chi connectivity index (χ3n) is 4.72. The van der Waals surface area contributed by atoms with Crippen LogP contribution in [0, 0.1) is 5.82 Å². The van der Waals surface area contributed by atoms with Crippen molar-refractivity contribution in [3.05, 3.63) is 41.3 Å². The molecule has 1 unspecified atom stereocenters. The van der Waals surface area contributed by atoms with Crippen molar-refractivity contribution in [1.29, 1.82) is 0 Å². The van der Waals surface area contributed by atoms with Crippen LogP contribution in [0.4, 0.5) is 35.0 Å². The van der Waals surface area contributed by atoms with Gasteiger partial charge >= 0.3 is 6.18 Å². The number of benzene rings is 1. The zero-order valence-electron chi connectivity index (χ0n) is 15.8. The van der Waals surface area contributed by atoms with Gasteiger partial charge in [0.2, 0.25) is 5.95 Å². The average molecular weight is 397 g/mol. The quantitative estimate of drug-likeness (QED) is 0.718. The lowest BCUT2D eigenvalue weighted by atomic mass is 10.2. The fraction of sp³-hybridized carbons (Fsp3) is 0.474. The molecule has 1 aliphatic rings. The summed E-state index contributed by atoms with van der Waals surface area (Å²) >= 11 is 0. The molecule has 152 valence electrons. The molecular formula is C19H23F4N5. The van der Waals surface area contributed by atoms with Crippen molar-refractivity contribution in [2.75, 3.05) is 30.4 Å². The van der Waals surface area contributed by atoms with Gasteiger partial charge in [0.25, 0.3) is 0 Å². The van der Waals surface area contributed by atoms with Gasteiger partial charge in [-0.25, -0.2) is 9.37 Å². The number of nitrogens with one attached hydrogen (secondary N) is 2. The Morgan fingerprint density at radius 2 is 2.00 bits per heavy atom. The van der Waals surface area contributed by atoms with Crippen molar-refractivity contribution >= 4 is 17.5 Å². The van der Waals surface area contributed by atoms with E-state index in [2.05, 4.69) is 25.5 Å². The Labute approximate surface area is 161 Å². The first-order chi connectivity index (χ1) is 13.3. The first-order valence-electron chi connectivity index (χ1n) is 9.24. The van der Waals surface area contributed by atoms with Gasteiger partial charge in [-0.1, -0.05) is 13.3 Å². The predicted octanol–water partition coefficient (Wildman–Crippen LogP) is 4.13. The number of hydrogen-bond donors (Lipinski definition) is 2. The molecule has 5 nitrogen and oxygen atoms in total. The molecule has 2 heterocycles. The fourth-order valence-corrected chi connectivity index (χ4v) is 3.24. The van der Waals surface area contributed by atoms with Gasteiger partial charge in [0.05, 0.1) is 5.56 Å². The molecule has 0 radical (unpaired) electrons. The molecule has 1 fully saturated rings. The van der Waals surface area contributed by atoms with Gasteiger partial charge in [-0.15, -0.1) is 0 Å². The highest BCUT2D eigenvalue weighted by atomic mass is 19.4. The molecule has 1 saturated heterocycles. The summed E-state index contributed by atoms with van der Waals surface area (Å²) in [5.41, 5.74) is -0.428. The largest absolute Gasteiger partial charge is 0.419 e. The van der Waals surface area contributed by atoms with Crippen molar-refractivity contribution in [3.8, 4) is 0 Å². The zero-order chi connectivity index (χ0) is 20.3. The van der Waals surface area contributed by atoms with Crippen molar-refractivity contribution in [1.82, 2.24) is 15.3 Å². The van der Waals surface area contributed by atoms with Crippen molar-refractivity contribution in [3.63, 3.8) is 0 Å². The second kappa shape index (κ2) is 8.30. The van der Waals surface area contributed by atoms with Gasteiger partial charge in [0, 0.05) is 36.6 Å². The van der Waals surface area contributed by atoms with E-state index in [-0.39, 0.29) is 11.6 Å². The van der Waals surface area contributed by atoms with E-state index in [1.165, 1.54) is 6.07 Å². The number of alkyl halides is 3. The molecule has 0 saturated carbocycles. The lowest BCUT2D eigenvalue weighted by Gasteiger charge is -2.19. The van der Waals surface area contributed by atoms with E-state index < -0.39 is 17.6 Å². The van der Waals surface area contributed by atoms with E-state index >= 15 is 0 Å². The predicted molar refractivity (Wildman–Crippen MR) is 100 cm³/mol. The summed E-state index contributed by atoms with van der Waals surface area (Å²) in [5, 5.41) is 6.04. The summed E-state index contributed by atoms with van der Waals surface area (Å²) < 4.78 is 52.4. The van der Waals surface area contributed by atoms with Gasteiger partial charge in [0.15, 0.2) is 0 Å². The van der Waals surface area contributed by atoms with E-state index in [9.17, 15) is 17.6 Å². The molecule has 28 heavy (non-hydrogen) atoms. The molecule has 0 amide bonds. The zero-order valence-corrected chi connectivity index (χ0v) is 15.8. The number of aromatic nitrogens is 2. The summed E-state index contributed by atoms with van der Waals surface area (Å²) in [7, 11) is 1.91. The van der Waals surface area contributed by atoms with Gasteiger partial charge in [0.1, 0.15) is 11.6 Å². The minimum atomic E-state index is -4.77. The number of likely N-dealkylation sites (N-methyl/N-ethyl adjacent to an activating group) is 1. The Morgan fingerprint density at radius 1 is 1.21 bits per heavy atom. The van der Waals surface area contributed by atoms with Crippen LogP contribution in [0.2, 0.25) is 0 Å². The summed E-state index contributed by atoms with van der Waals surface area (Å²) in [5.74, 6) is -0.375. The molecule has 0 bridgehead atoms. The van der Waals surface area contributed by atoms with E-state index in [1.807, 2.05) is 20.0 Å². The third kappa shape index (κ3) is 4.70. The number of nitrogens with zero attached hydrogens (tertiary/aromatic N) is 3. The van der Waals surface area contributed by atoms with Crippen molar-refractivity contribution in [2.45, 2.75) is 38.4 Å². The van der Waals surface area contributed by atoms with Crippen molar-refractivity contribution < 1.29 is 17.6 Å². The SMILES string of the molecule is CCCc1cc(N2CCC(NC)C2)nc(Nc2ccc(F)c(C(F)(F)F)c2)n1. The Balaban J connectivity index is 1.89. The molecular weight excluding hydrogens is 374 g/mol. The Hall–Kier alpha value is -2.42. The highest BCUT2D eigenvalue weighted by Gasteiger charge is 2.34. The molecule has 1 aromatic heterocycles. The van der Waals surface area contributed by atoms with Gasteiger partial charge in [-0.2, -0.15) is 18.2 Å².